The first-order chi connectivity index (χ1) is 18.8. The lowest BCUT2D eigenvalue weighted by Gasteiger charge is -2.46. The summed E-state index contributed by atoms with van der Waals surface area (Å²) >= 11 is 0. The number of fused-ring (bicyclic) bond motifs is 6. The van der Waals surface area contributed by atoms with Gasteiger partial charge in [-0.05, 0) is 60.0 Å². The lowest BCUT2D eigenvalue weighted by atomic mass is 9.61. The molecule has 7 heteroatoms. The molecule has 3 aliphatic heterocycles. The molecule has 200 valence electrons. The number of rotatable bonds is 4. The third-order valence-electron chi connectivity index (χ3n) is 9.19. The van der Waals surface area contributed by atoms with E-state index >= 15 is 0 Å². The summed E-state index contributed by atoms with van der Waals surface area (Å²) in [5.41, 5.74) is 6.41. The molecule has 4 aliphatic rings. The molecular weight excluding hydrogens is 492 g/mol. The Balaban J connectivity index is 1.44. The molecule has 7 rings (SSSR count). The van der Waals surface area contributed by atoms with Crippen molar-refractivity contribution in [1.29, 1.82) is 0 Å². The minimum Gasteiger partial charge on any atom is -0.497 e. The minimum atomic E-state index is -1.07. The van der Waals surface area contributed by atoms with Crippen LogP contribution in [0.5, 0.6) is 5.75 Å². The van der Waals surface area contributed by atoms with Crippen LogP contribution in [-0.2, 0) is 25.3 Å². The molecule has 3 aromatic rings. The van der Waals surface area contributed by atoms with Crippen LogP contribution in [0, 0.1) is 5.92 Å². The summed E-state index contributed by atoms with van der Waals surface area (Å²) in [5.74, 6) is 0.0751. The monoisotopic (exact) mass is 524 g/mol. The van der Waals surface area contributed by atoms with Crippen molar-refractivity contribution in [1.82, 2.24) is 0 Å². The number of ether oxygens (including phenoxy) is 3. The molecule has 0 amide bonds. The van der Waals surface area contributed by atoms with E-state index < -0.39 is 5.60 Å². The van der Waals surface area contributed by atoms with Crippen LogP contribution < -0.4 is 14.5 Å². The van der Waals surface area contributed by atoms with Crippen LogP contribution in [0.25, 0.3) is 0 Å². The van der Waals surface area contributed by atoms with Crippen molar-refractivity contribution >= 4 is 23.3 Å². The lowest BCUT2D eigenvalue weighted by Crippen LogP contribution is -2.51. The smallest absolute Gasteiger partial charge is 0.340 e. The molecule has 1 atom stereocenters. The van der Waals surface area contributed by atoms with Gasteiger partial charge in [-0.25, -0.2) is 4.79 Å². The van der Waals surface area contributed by atoms with Gasteiger partial charge in [0.05, 0.1) is 25.7 Å². The maximum absolute atomic E-state index is 13.4. The number of carbonyl (C=O) groups excluding carboxylic acids is 2. The molecule has 0 saturated carbocycles. The number of hydrogen-bond acceptors (Lipinski definition) is 7. The first-order valence-electron chi connectivity index (χ1n) is 13.6. The average Bonchev–Trinajstić information content (AvgIpc) is 3.17. The molecule has 0 radical (unpaired) electrons. The Morgan fingerprint density at radius 3 is 2.05 bits per heavy atom. The predicted octanol–water partition coefficient (Wildman–Crippen LogP) is 4.62. The van der Waals surface area contributed by atoms with Gasteiger partial charge in [0.15, 0.2) is 5.60 Å². The molecule has 3 aromatic carbocycles. The minimum absolute atomic E-state index is 0.111. The first-order valence-corrected chi connectivity index (χ1v) is 13.6. The maximum atomic E-state index is 13.4. The molecule has 2 saturated heterocycles. The van der Waals surface area contributed by atoms with Gasteiger partial charge in [-0.2, -0.15) is 0 Å². The largest absolute Gasteiger partial charge is 0.497 e. The van der Waals surface area contributed by atoms with Gasteiger partial charge in [0.2, 0.25) is 0 Å². The summed E-state index contributed by atoms with van der Waals surface area (Å²) in [4.78, 5) is 30.0. The standard InChI is InChI=1S/C32H32N2O5/c1-31(2)27-14-20(33-12-5-13-33)6-10-24(27)32(26-16-22(37-3)8-9-23(26)30(36)39-32)25-11-7-21(15-28(25)31)34-17-19(18-34)29(35)38-4/h6-11,14-16,19H,5,12-13,17-18H2,1-4H3. The highest BCUT2D eigenvalue weighted by molar-refractivity contribution is 5.97. The highest BCUT2D eigenvalue weighted by Crippen LogP contribution is 2.58. The molecule has 39 heavy (non-hydrogen) atoms. The van der Waals surface area contributed by atoms with Gasteiger partial charge in [0, 0.05) is 59.7 Å². The van der Waals surface area contributed by atoms with Crippen LogP contribution in [0.15, 0.2) is 54.6 Å². The molecule has 0 bridgehead atoms. The summed E-state index contributed by atoms with van der Waals surface area (Å²) in [6.07, 6.45) is 1.20. The fourth-order valence-corrected chi connectivity index (χ4v) is 6.74. The van der Waals surface area contributed by atoms with E-state index in [1.165, 1.54) is 19.2 Å². The quantitative estimate of drug-likeness (QED) is 0.462. The van der Waals surface area contributed by atoms with Crippen molar-refractivity contribution in [2.75, 3.05) is 50.2 Å². The normalized spacial score (nSPS) is 22.3. The Kier molecular flexibility index (Phi) is 5.09. The third kappa shape index (κ3) is 3.22. The van der Waals surface area contributed by atoms with Crippen molar-refractivity contribution < 1.29 is 23.8 Å². The second-order valence-electron chi connectivity index (χ2n) is 11.5. The topological polar surface area (TPSA) is 68.3 Å². The van der Waals surface area contributed by atoms with E-state index in [1.807, 2.05) is 12.1 Å². The zero-order valence-corrected chi connectivity index (χ0v) is 22.7. The van der Waals surface area contributed by atoms with Crippen LogP contribution >= 0.6 is 0 Å². The number of benzene rings is 3. The number of anilines is 2. The molecule has 1 spiro atoms. The number of methoxy groups -OCH3 is 2. The Labute approximate surface area is 228 Å². The number of esters is 2. The number of nitrogens with zero attached hydrogens (tertiary/aromatic N) is 2. The fraction of sp³-hybridized carbons (Fsp3) is 0.375. The van der Waals surface area contributed by atoms with Crippen molar-refractivity contribution in [3.8, 4) is 5.75 Å². The summed E-state index contributed by atoms with van der Waals surface area (Å²) in [6, 6.07) is 18.6. The molecular formula is C32H32N2O5. The van der Waals surface area contributed by atoms with E-state index in [9.17, 15) is 9.59 Å². The van der Waals surface area contributed by atoms with Crippen LogP contribution in [0.1, 0.15) is 58.4 Å². The van der Waals surface area contributed by atoms with E-state index in [0.717, 1.165) is 46.6 Å². The van der Waals surface area contributed by atoms with Crippen molar-refractivity contribution in [2.24, 2.45) is 5.92 Å². The SMILES string of the molecule is COC(=O)C1CN(c2ccc3c(c2)C(C)(C)c2cc(N4CCC4)ccc2C32OC(=O)c3ccc(OC)cc32)C1. The van der Waals surface area contributed by atoms with E-state index in [-0.39, 0.29) is 23.3 Å². The highest BCUT2D eigenvalue weighted by atomic mass is 16.6. The van der Waals surface area contributed by atoms with Gasteiger partial charge >= 0.3 is 11.9 Å². The number of hydrogen-bond donors (Lipinski definition) is 0. The third-order valence-corrected chi connectivity index (χ3v) is 9.19. The summed E-state index contributed by atoms with van der Waals surface area (Å²) in [7, 11) is 3.08. The Hall–Kier alpha value is -4.00. The fourth-order valence-electron chi connectivity index (χ4n) is 6.74. The van der Waals surface area contributed by atoms with Gasteiger partial charge in [-0.15, -0.1) is 0 Å². The second-order valence-corrected chi connectivity index (χ2v) is 11.5. The molecule has 0 N–H and O–H groups in total. The Bertz CT molecular complexity index is 1540. The molecule has 1 aliphatic carbocycles. The van der Waals surface area contributed by atoms with Gasteiger partial charge in [0.25, 0.3) is 0 Å². The molecule has 7 nitrogen and oxygen atoms in total. The Morgan fingerprint density at radius 1 is 0.846 bits per heavy atom. The Morgan fingerprint density at radius 2 is 1.49 bits per heavy atom. The average molecular weight is 525 g/mol. The van der Waals surface area contributed by atoms with Crippen molar-refractivity contribution in [2.45, 2.75) is 31.3 Å². The van der Waals surface area contributed by atoms with E-state index in [2.05, 4.69) is 60.0 Å². The molecule has 1 unspecified atom stereocenters. The van der Waals surface area contributed by atoms with Crippen LogP contribution in [0.3, 0.4) is 0 Å². The zero-order chi connectivity index (χ0) is 27.1. The summed E-state index contributed by atoms with van der Waals surface area (Å²) < 4.78 is 17.0. The van der Waals surface area contributed by atoms with E-state index in [4.69, 9.17) is 14.2 Å². The lowest BCUT2D eigenvalue weighted by molar-refractivity contribution is -0.146. The van der Waals surface area contributed by atoms with E-state index in [0.29, 0.717) is 24.4 Å². The summed E-state index contributed by atoms with van der Waals surface area (Å²) in [6.45, 7) is 7.85. The first kappa shape index (κ1) is 24.1. The van der Waals surface area contributed by atoms with Gasteiger partial charge in [-0.3, -0.25) is 4.79 Å². The number of carbonyl (C=O) groups is 2. The van der Waals surface area contributed by atoms with Crippen LogP contribution in [0.4, 0.5) is 11.4 Å². The summed E-state index contributed by atoms with van der Waals surface area (Å²) in [5, 5.41) is 0. The highest BCUT2D eigenvalue weighted by Gasteiger charge is 2.56. The van der Waals surface area contributed by atoms with Gasteiger partial charge in [-0.1, -0.05) is 26.0 Å². The van der Waals surface area contributed by atoms with E-state index in [1.54, 1.807) is 13.2 Å². The van der Waals surface area contributed by atoms with Crippen molar-refractivity contribution in [3.63, 3.8) is 0 Å². The zero-order valence-electron chi connectivity index (χ0n) is 22.7. The van der Waals surface area contributed by atoms with Crippen LogP contribution in [-0.4, -0.2) is 52.3 Å². The van der Waals surface area contributed by atoms with Gasteiger partial charge in [0.1, 0.15) is 5.75 Å². The maximum Gasteiger partial charge on any atom is 0.340 e. The second kappa shape index (κ2) is 8.25. The molecule has 0 aromatic heterocycles. The van der Waals surface area contributed by atoms with Crippen molar-refractivity contribution in [3.05, 3.63) is 88.0 Å². The molecule has 2 fully saturated rings. The van der Waals surface area contributed by atoms with Gasteiger partial charge < -0.3 is 24.0 Å². The van der Waals surface area contributed by atoms with Crippen LogP contribution in [0.2, 0.25) is 0 Å². The molecule has 3 heterocycles. The predicted molar refractivity (Wildman–Crippen MR) is 148 cm³/mol.